The molecule has 0 aromatic heterocycles. The van der Waals surface area contributed by atoms with Gasteiger partial charge in [-0.25, -0.2) is 4.79 Å². The number of carboxylic acids is 1. The molecule has 1 aromatic carbocycles. The summed E-state index contributed by atoms with van der Waals surface area (Å²) in [7, 11) is 0. The molecular formula is C11H12Br2O3. The molecular weight excluding hydrogens is 340 g/mol. The zero-order valence-corrected chi connectivity index (χ0v) is 11.7. The van der Waals surface area contributed by atoms with Crippen LogP contribution in [0.25, 0.3) is 0 Å². The van der Waals surface area contributed by atoms with Gasteiger partial charge in [0.15, 0.2) is 6.10 Å². The number of benzene rings is 1. The van der Waals surface area contributed by atoms with Crippen LogP contribution in [-0.2, 0) is 11.2 Å². The number of carboxylic acid groups (broad SMARTS) is 1. The summed E-state index contributed by atoms with van der Waals surface area (Å²) in [5, 5.41) is 19.1. The first-order chi connectivity index (χ1) is 7.56. The molecule has 16 heavy (non-hydrogen) atoms. The summed E-state index contributed by atoms with van der Waals surface area (Å²) in [6, 6.07) is 5.42. The number of carbonyl (C=O) groups is 1. The van der Waals surface area contributed by atoms with Gasteiger partial charge in [0.25, 0.3) is 0 Å². The Kier molecular flexibility index (Phi) is 5.44. The van der Waals surface area contributed by atoms with E-state index in [1.807, 2.05) is 6.07 Å². The molecule has 0 aliphatic heterocycles. The summed E-state index contributed by atoms with van der Waals surface area (Å²) < 4.78 is 0.616. The molecule has 0 heterocycles. The highest BCUT2D eigenvalue weighted by Crippen LogP contribution is 2.25. The van der Waals surface area contributed by atoms with Gasteiger partial charge in [0, 0.05) is 15.4 Å². The predicted octanol–water partition coefficient (Wildman–Crippen LogP) is 2.89. The van der Waals surface area contributed by atoms with Crippen molar-refractivity contribution in [2.24, 2.45) is 0 Å². The van der Waals surface area contributed by atoms with Crippen molar-refractivity contribution in [2.45, 2.75) is 18.9 Å². The van der Waals surface area contributed by atoms with Crippen LogP contribution in [0.3, 0.4) is 0 Å². The van der Waals surface area contributed by atoms with Crippen LogP contribution >= 0.6 is 31.9 Å². The Balaban J connectivity index is 2.94. The van der Waals surface area contributed by atoms with Crippen molar-refractivity contribution in [3.05, 3.63) is 33.8 Å². The number of halogens is 2. The van der Waals surface area contributed by atoms with Crippen LogP contribution in [0.5, 0.6) is 0 Å². The van der Waals surface area contributed by atoms with E-state index in [1.54, 1.807) is 12.1 Å². The summed E-state index contributed by atoms with van der Waals surface area (Å²) >= 11 is 6.57. The normalized spacial score (nSPS) is 12.4. The minimum absolute atomic E-state index is 0.402. The lowest BCUT2D eigenvalue weighted by molar-refractivity contribution is -0.147. The summed E-state index contributed by atoms with van der Waals surface area (Å²) in [5.41, 5.74) is 1.43. The maximum atomic E-state index is 10.7. The van der Waals surface area contributed by atoms with E-state index in [1.165, 1.54) is 0 Å². The van der Waals surface area contributed by atoms with Crippen LogP contribution in [-0.4, -0.2) is 21.5 Å². The fourth-order valence-corrected chi connectivity index (χ4v) is 2.11. The first-order valence-electron chi connectivity index (χ1n) is 4.81. The fraction of sp³-hybridized carbons (Fsp3) is 0.364. The van der Waals surface area contributed by atoms with Gasteiger partial charge in [0.2, 0.25) is 0 Å². The number of aryl methyl sites for hydroxylation is 1. The standard InChI is InChI=1S/C11H12Br2O3/c12-5-1-2-7-3-4-9(13)8(6-7)10(14)11(15)16/h3-4,6,10,14H,1-2,5H2,(H,15,16). The quantitative estimate of drug-likeness (QED) is 0.802. The van der Waals surface area contributed by atoms with Gasteiger partial charge in [-0.2, -0.15) is 0 Å². The van der Waals surface area contributed by atoms with E-state index in [0.29, 0.717) is 10.0 Å². The first-order valence-corrected chi connectivity index (χ1v) is 6.73. The van der Waals surface area contributed by atoms with Gasteiger partial charge in [-0.15, -0.1) is 0 Å². The van der Waals surface area contributed by atoms with Crippen LogP contribution < -0.4 is 0 Å². The second-order valence-electron chi connectivity index (χ2n) is 3.39. The number of aliphatic carboxylic acids is 1. The van der Waals surface area contributed by atoms with Crippen molar-refractivity contribution >= 4 is 37.8 Å². The third kappa shape index (κ3) is 3.57. The molecule has 5 heteroatoms. The van der Waals surface area contributed by atoms with E-state index >= 15 is 0 Å². The summed E-state index contributed by atoms with van der Waals surface area (Å²) in [4.78, 5) is 10.7. The van der Waals surface area contributed by atoms with Crippen molar-refractivity contribution in [1.29, 1.82) is 0 Å². The molecule has 1 rings (SSSR count). The van der Waals surface area contributed by atoms with Crippen LogP contribution in [0, 0.1) is 0 Å². The van der Waals surface area contributed by atoms with Crippen molar-refractivity contribution in [3.8, 4) is 0 Å². The Bertz CT molecular complexity index is 379. The number of rotatable bonds is 5. The molecule has 0 aliphatic carbocycles. The Hall–Kier alpha value is -0.390. The Morgan fingerprint density at radius 1 is 1.44 bits per heavy atom. The molecule has 0 aliphatic rings. The smallest absolute Gasteiger partial charge is 0.337 e. The lowest BCUT2D eigenvalue weighted by atomic mass is 10.0. The minimum Gasteiger partial charge on any atom is -0.479 e. The number of aliphatic hydroxyl groups excluding tert-OH is 1. The zero-order chi connectivity index (χ0) is 12.1. The van der Waals surface area contributed by atoms with Crippen molar-refractivity contribution in [3.63, 3.8) is 0 Å². The van der Waals surface area contributed by atoms with Crippen molar-refractivity contribution in [1.82, 2.24) is 0 Å². The monoisotopic (exact) mass is 350 g/mol. The van der Waals surface area contributed by atoms with Gasteiger partial charge in [0.05, 0.1) is 0 Å². The highest BCUT2D eigenvalue weighted by atomic mass is 79.9. The summed E-state index contributed by atoms with van der Waals surface area (Å²) in [6.07, 6.45) is 0.362. The predicted molar refractivity (Wildman–Crippen MR) is 68.9 cm³/mol. The molecule has 1 aromatic rings. The molecule has 3 nitrogen and oxygen atoms in total. The van der Waals surface area contributed by atoms with E-state index in [4.69, 9.17) is 5.11 Å². The second kappa shape index (κ2) is 6.37. The number of hydrogen-bond acceptors (Lipinski definition) is 2. The average molecular weight is 352 g/mol. The fourth-order valence-electron chi connectivity index (χ4n) is 1.36. The van der Waals surface area contributed by atoms with E-state index in [-0.39, 0.29) is 0 Å². The molecule has 2 N–H and O–H groups in total. The maximum absolute atomic E-state index is 10.7. The molecule has 0 saturated heterocycles. The second-order valence-corrected chi connectivity index (χ2v) is 5.04. The highest BCUT2D eigenvalue weighted by molar-refractivity contribution is 9.10. The topological polar surface area (TPSA) is 57.5 Å². The molecule has 0 amide bonds. The van der Waals surface area contributed by atoms with Gasteiger partial charge in [-0.05, 0) is 24.5 Å². The Morgan fingerprint density at radius 3 is 2.69 bits per heavy atom. The van der Waals surface area contributed by atoms with E-state index < -0.39 is 12.1 Å². The molecule has 1 unspecified atom stereocenters. The summed E-state index contributed by atoms with van der Waals surface area (Å²) in [6.45, 7) is 0. The third-order valence-corrected chi connectivity index (χ3v) is 3.47. The Morgan fingerprint density at radius 2 is 2.12 bits per heavy atom. The van der Waals surface area contributed by atoms with E-state index in [2.05, 4.69) is 31.9 Å². The number of alkyl halides is 1. The lowest BCUT2D eigenvalue weighted by Crippen LogP contribution is -2.11. The van der Waals surface area contributed by atoms with Gasteiger partial charge in [-0.3, -0.25) is 0 Å². The molecule has 0 saturated carbocycles. The van der Waals surface area contributed by atoms with Crippen LogP contribution in [0.4, 0.5) is 0 Å². The zero-order valence-electron chi connectivity index (χ0n) is 8.49. The molecule has 0 bridgehead atoms. The molecule has 1 atom stereocenters. The van der Waals surface area contributed by atoms with Crippen LogP contribution in [0.15, 0.2) is 22.7 Å². The first kappa shape index (κ1) is 13.7. The number of aliphatic hydroxyl groups is 1. The van der Waals surface area contributed by atoms with E-state index in [0.717, 1.165) is 23.7 Å². The Labute approximate surface area is 111 Å². The minimum atomic E-state index is -1.47. The van der Waals surface area contributed by atoms with Gasteiger partial charge < -0.3 is 10.2 Å². The lowest BCUT2D eigenvalue weighted by Gasteiger charge is -2.10. The van der Waals surface area contributed by atoms with E-state index in [9.17, 15) is 9.90 Å². The third-order valence-electron chi connectivity index (χ3n) is 2.19. The number of hydrogen-bond donors (Lipinski definition) is 2. The summed E-state index contributed by atoms with van der Waals surface area (Å²) in [5.74, 6) is -1.24. The molecule has 88 valence electrons. The van der Waals surface area contributed by atoms with Gasteiger partial charge >= 0.3 is 5.97 Å². The maximum Gasteiger partial charge on any atom is 0.337 e. The SMILES string of the molecule is O=C(O)C(O)c1cc(CCCBr)ccc1Br. The van der Waals surface area contributed by atoms with Crippen molar-refractivity contribution < 1.29 is 15.0 Å². The molecule has 0 spiro atoms. The van der Waals surface area contributed by atoms with Crippen LogP contribution in [0.1, 0.15) is 23.7 Å². The largest absolute Gasteiger partial charge is 0.479 e. The molecule has 0 fully saturated rings. The molecule has 0 radical (unpaired) electrons. The average Bonchev–Trinajstić information content (AvgIpc) is 2.27. The van der Waals surface area contributed by atoms with Gasteiger partial charge in [-0.1, -0.05) is 44.0 Å². The van der Waals surface area contributed by atoms with Crippen LogP contribution in [0.2, 0.25) is 0 Å². The highest BCUT2D eigenvalue weighted by Gasteiger charge is 2.18. The van der Waals surface area contributed by atoms with Crippen molar-refractivity contribution in [2.75, 3.05) is 5.33 Å². The van der Waals surface area contributed by atoms with Gasteiger partial charge in [0.1, 0.15) is 0 Å².